The van der Waals surface area contributed by atoms with E-state index in [9.17, 15) is 0 Å². The molecule has 0 saturated heterocycles. The van der Waals surface area contributed by atoms with Crippen molar-refractivity contribution < 1.29 is 9.84 Å². The molecule has 0 bridgehead atoms. The Morgan fingerprint density at radius 1 is 1.29 bits per heavy atom. The molecule has 0 spiro atoms. The predicted octanol–water partition coefficient (Wildman–Crippen LogP) is 3.18. The van der Waals surface area contributed by atoms with Crippen LogP contribution in [0.3, 0.4) is 0 Å². The number of thiophene rings is 1. The maximum Gasteiger partial charge on any atom is 0.118 e. The van der Waals surface area contributed by atoms with Crippen LogP contribution in [0, 0.1) is 0 Å². The molecule has 1 N–H and O–H groups in total. The molecule has 3 heteroatoms. The quantitative estimate of drug-likeness (QED) is 0.897. The number of aliphatic hydroxyl groups excluding tert-OH is 1. The van der Waals surface area contributed by atoms with E-state index in [0.29, 0.717) is 0 Å². The van der Waals surface area contributed by atoms with Gasteiger partial charge in [0.2, 0.25) is 0 Å². The van der Waals surface area contributed by atoms with E-state index in [-0.39, 0.29) is 6.61 Å². The maximum absolute atomic E-state index is 9.10. The first-order chi connectivity index (χ1) is 8.35. The van der Waals surface area contributed by atoms with Crippen molar-refractivity contribution in [2.24, 2.45) is 0 Å². The molecule has 0 saturated carbocycles. The first kappa shape index (κ1) is 11.9. The molecule has 0 unspecified atom stereocenters. The van der Waals surface area contributed by atoms with Crippen LogP contribution in [0.4, 0.5) is 0 Å². The second-order valence-corrected chi connectivity index (χ2v) is 4.45. The topological polar surface area (TPSA) is 29.5 Å². The molecule has 0 radical (unpaired) electrons. The molecule has 1 aromatic heterocycles. The molecule has 2 nitrogen and oxygen atoms in total. The molecule has 17 heavy (non-hydrogen) atoms. The molecule has 88 valence electrons. The number of hydrogen-bond donors (Lipinski definition) is 1. The monoisotopic (exact) mass is 246 g/mol. The first-order valence-electron chi connectivity index (χ1n) is 5.34. The number of ether oxygens (including phenoxy) is 1. The summed E-state index contributed by atoms with van der Waals surface area (Å²) in [7, 11) is 1.65. The van der Waals surface area contributed by atoms with E-state index in [0.717, 1.165) is 21.8 Å². The zero-order chi connectivity index (χ0) is 12.1. The Morgan fingerprint density at radius 3 is 2.59 bits per heavy atom. The highest BCUT2D eigenvalue weighted by molar-refractivity contribution is 7.11. The van der Waals surface area contributed by atoms with Crippen molar-refractivity contribution in [3.63, 3.8) is 0 Å². The Bertz CT molecular complexity index is 483. The van der Waals surface area contributed by atoms with Gasteiger partial charge >= 0.3 is 0 Å². The predicted molar refractivity (Wildman–Crippen MR) is 71.5 cm³/mol. The summed E-state index contributed by atoms with van der Waals surface area (Å²) in [5.74, 6) is 0.836. The lowest BCUT2D eigenvalue weighted by molar-refractivity contribution is 0.343. The fourth-order valence-corrected chi connectivity index (χ4v) is 2.44. The number of methoxy groups -OCH3 is 1. The molecular weight excluding hydrogens is 232 g/mol. The third kappa shape index (κ3) is 2.75. The molecule has 0 fully saturated rings. The molecule has 1 heterocycles. The number of aliphatic hydroxyl groups is 1. The summed E-state index contributed by atoms with van der Waals surface area (Å²) in [5, 5.41) is 11.1. The van der Waals surface area contributed by atoms with Crippen molar-refractivity contribution in [1.29, 1.82) is 0 Å². The second kappa shape index (κ2) is 5.66. The fraction of sp³-hybridized carbons (Fsp3) is 0.143. The van der Waals surface area contributed by atoms with Crippen LogP contribution < -0.4 is 4.74 Å². The van der Waals surface area contributed by atoms with Crippen LogP contribution in [0.5, 0.6) is 5.75 Å². The normalized spacial score (nSPS) is 11.5. The van der Waals surface area contributed by atoms with Crippen LogP contribution in [0.15, 0.2) is 47.9 Å². The summed E-state index contributed by atoms with van der Waals surface area (Å²) in [4.78, 5) is 1.16. The highest BCUT2D eigenvalue weighted by Gasteiger charge is 2.05. The average molecular weight is 246 g/mol. The molecule has 0 amide bonds. The van der Waals surface area contributed by atoms with Crippen molar-refractivity contribution in [2.45, 2.75) is 0 Å². The molecule has 0 aliphatic rings. The van der Waals surface area contributed by atoms with Crippen LogP contribution in [0.2, 0.25) is 0 Å². The van der Waals surface area contributed by atoms with Gasteiger partial charge in [-0.25, -0.2) is 0 Å². The van der Waals surface area contributed by atoms with E-state index < -0.39 is 0 Å². The minimum Gasteiger partial charge on any atom is -0.497 e. The van der Waals surface area contributed by atoms with Gasteiger partial charge in [-0.3, -0.25) is 0 Å². The van der Waals surface area contributed by atoms with E-state index in [1.165, 1.54) is 0 Å². The van der Waals surface area contributed by atoms with Crippen LogP contribution >= 0.6 is 11.3 Å². The van der Waals surface area contributed by atoms with Crippen molar-refractivity contribution >= 4 is 16.9 Å². The van der Waals surface area contributed by atoms with Gasteiger partial charge in [0.05, 0.1) is 13.7 Å². The molecular formula is C14H14O2S. The van der Waals surface area contributed by atoms with Gasteiger partial charge in [-0.15, -0.1) is 11.3 Å². The van der Waals surface area contributed by atoms with E-state index in [1.807, 2.05) is 41.8 Å². The number of rotatable bonds is 4. The zero-order valence-corrected chi connectivity index (χ0v) is 10.4. The van der Waals surface area contributed by atoms with Crippen molar-refractivity contribution in [1.82, 2.24) is 0 Å². The number of hydrogen-bond acceptors (Lipinski definition) is 3. The molecule has 1 aromatic carbocycles. The summed E-state index contributed by atoms with van der Waals surface area (Å²) in [5.41, 5.74) is 2.15. The van der Waals surface area contributed by atoms with E-state index in [2.05, 4.69) is 6.07 Å². The first-order valence-corrected chi connectivity index (χ1v) is 6.22. The third-order valence-electron chi connectivity index (χ3n) is 2.48. The molecule has 0 atom stereocenters. The van der Waals surface area contributed by atoms with Crippen LogP contribution in [0.1, 0.15) is 10.4 Å². The van der Waals surface area contributed by atoms with Crippen molar-refractivity contribution in [3.05, 3.63) is 58.3 Å². The minimum atomic E-state index is 0.0409. The van der Waals surface area contributed by atoms with Crippen molar-refractivity contribution in [2.75, 3.05) is 13.7 Å². The van der Waals surface area contributed by atoms with Crippen LogP contribution in [0.25, 0.3) is 5.57 Å². The molecule has 0 aliphatic heterocycles. The Morgan fingerprint density at radius 2 is 2.06 bits per heavy atom. The second-order valence-electron chi connectivity index (χ2n) is 3.51. The Balaban J connectivity index is 2.37. The van der Waals surface area contributed by atoms with E-state index in [4.69, 9.17) is 9.84 Å². The lowest BCUT2D eigenvalue weighted by atomic mass is 10.0. The Labute approximate surface area is 105 Å². The largest absolute Gasteiger partial charge is 0.497 e. The van der Waals surface area contributed by atoms with Gasteiger partial charge in [-0.1, -0.05) is 18.2 Å². The standard InChI is InChI=1S/C14H14O2S/c1-16-12-6-4-11(5-7-12)13(8-9-15)14-3-2-10-17-14/h2-8,10,15H,9H2,1H3/b13-8-. The van der Waals surface area contributed by atoms with E-state index >= 15 is 0 Å². The molecule has 2 rings (SSSR count). The van der Waals surface area contributed by atoms with E-state index in [1.54, 1.807) is 18.4 Å². The molecule has 0 aliphatic carbocycles. The van der Waals surface area contributed by atoms with Gasteiger partial charge in [0.1, 0.15) is 5.75 Å². The van der Waals surface area contributed by atoms with Gasteiger partial charge in [0, 0.05) is 4.88 Å². The minimum absolute atomic E-state index is 0.0409. The smallest absolute Gasteiger partial charge is 0.118 e. The van der Waals surface area contributed by atoms with Gasteiger partial charge in [0.15, 0.2) is 0 Å². The van der Waals surface area contributed by atoms with Gasteiger partial charge in [-0.05, 0) is 40.8 Å². The van der Waals surface area contributed by atoms with Gasteiger partial charge in [-0.2, -0.15) is 0 Å². The lowest BCUT2D eigenvalue weighted by Gasteiger charge is -2.06. The molecule has 2 aromatic rings. The highest BCUT2D eigenvalue weighted by Crippen LogP contribution is 2.28. The summed E-state index contributed by atoms with van der Waals surface area (Å²) >= 11 is 1.67. The third-order valence-corrected chi connectivity index (χ3v) is 3.39. The Hall–Kier alpha value is -1.58. The summed E-state index contributed by atoms with van der Waals surface area (Å²) in [6.07, 6.45) is 1.83. The Kier molecular flexibility index (Phi) is 3.96. The summed E-state index contributed by atoms with van der Waals surface area (Å²) in [6.45, 7) is 0.0409. The zero-order valence-electron chi connectivity index (χ0n) is 9.59. The highest BCUT2D eigenvalue weighted by atomic mass is 32.1. The fourth-order valence-electron chi connectivity index (χ4n) is 1.65. The summed E-state index contributed by atoms with van der Waals surface area (Å²) < 4.78 is 5.13. The van der Waals surface area contributed by atoms with Crippen molar-refractivity contribution in [3.8, 4) is 5.75 Å². The van der Waals surface area contributed by atoms with Gasteiger partial charge in [0.25, 0.3) is 0 Å². The average Bonchev–Trinajstić information content (AvgIpc) is 2.90. The lowest BCUT2D eigenvalue weighted by Crippen LogP contribution is -1.88. The van der Waals surface area contributed by atoms with Gasteiger partial charge < -0.3 is 9.84 Å². The number of benzene rings is 1. The SMILES string of the molecule is COc1ccc(/C(=C/CO)c2cccs2)cc1. The van der Waals surface area contributed by atoms with Crippen LogP contribution in [-0.2, 0) is 0 Å². The summed E-state index contributed by atoms with van der Waals surface area (Å²) in [6, 6.07) is 11.9. The van der Waals surface area contributed by atoms with Crippen LogP contribution in [-0.4, -0.2) is 18.8 Å². The maximum atomic E-state index is 9.10.